The van der Waals surface area contributed by atoms with E-state index in [-0.39, 0.29) is 18.2 Å². The molecule has 24 heavy (non-hydrogen) atoms. The molecule has 0 radical (unpaired) electrons. The van der Waals surface area contributed by atoms with Gasteiger partial charge in [-0.3, -0.25) is 14.4 Å². The Morgan fingerprint density at radius 1 is 1.25 bits per heavy atom. The molecule has 0 unspecified atom stereocenters. The second-order valence-corrected chi connectivity index (χ2v) is 6.31. The zero-order valence-electron chi connectivity index (χ0n) is 14.0. The van der Waals surface area contributed by atoms with Crippen molar-refractivity contribution in [2.75, 3.05) is 37.6 Å². The first-order chi connectivity index (χ1) is 11.4. The number of hydrogen-bond acceptors (Lipinski definition) is 3. The van der Waals surface area contributed by atoms with Crippen molar-refractivity contribution < 1.29 is 14.4 Å². The summed E-state index contributed by atoms with van der Waals surface area (Å²) >= 11 is 6.03. The molecule has 1 aromatic rings. The maximum atomic E-state index is 12.4. The largest absolute Gasteiger partial charge is 0.342 e. The highest BCUT2D eigenvalue weighted by Crippen LogP contribution is 2.24. The van der Waals surface area contributed by atoms with E-state index in [1.807, 2.05) is 13.0 Å². The molecule has 0 aliphatic carbocycles. The van der Waals surface area contributed by atoms with E-state index in [1.165, 1.54) is 6.92 Å². The molecule has 1 saturated heterocycles. The molecule has 0 bridgehead atoms. The number of hydrogen-bond donors (Lipinski definition) is 0. The fourth-order valence-corrected chi connectivity index (χ4v) is 2.93. The number of nitrogens with zero attached hydrogens (tertiary/aromatic N) is 3. The molecule has 0 saturated carbocycles. The van der Waals surface area contributed by atoms with Crippen molar-refractivity contribution in [3.8, 4) is 0 Å². The Morgan fingerprint density at radius 3 is 2.50 bits per heavy atom. The predicted octanol–water partition coefficient (Wildman–Crippen LogP) is 1.69. The minimum atomic E-state index is -0.126. The van der Waals surface area contributed by atoms with Gasteiger partial charge in [-0.05, 0) is 24.6 Å². The summed E-state index contributed by atoms with van der Waals surface area (Å²) in [6.07, 6.45) is 1.05. The molecule has 0 spiro atoms. The third-order valence-electron chi connectivity index (χ3n) is 4.21. The van der Waals surface area contributed by atoms with Crippen molar-refractivity contribution in [2.24, 2.45) is 0 Å². The molecule has 7 heteroatoms. The Hall–Kier alpha value is -2.08. The molecule has 1 aliphatic rings. The normalized spacial score (nSPS) is 14.5. The number of aryl methyl sites for hydroxylation is 1. The zero-order chi connectivity index (χ0) is 17.7. The number of piperazine rings is 1. The summed E-state index contributed by atoms with van der Waals surface area (Å²) in [5, 5.41) is 0.554. The maximum absolute atomic E-state index is 12.4. The molecule has 0 atom stereocenters. The molecule has 0 N–H and O–H groups in total. The molecule has 1 aliphatic heterocycles. The summed E-state index contributed by atoms with van der Waals surface area (Å²) in [6.45, 7) is 5.87. The quantitative estimate of drug-likeness (QED) is 0.758. The maximum Gasteiger partial charge on any atom is 0.224 e. The Labute approximate surface area is 147 Å². The van der Waals surface area contributed by atoms with Gasteiger partial charge in [0.2, 0.25) is 18.2 Å². The van der Waals surface area contributed by atoms with E-state index in [0.29, 0.717) is 37.7 Å². The first-order valence-electron chi connectivity index (χ1n) is 7.93. The van der Waals surface area contributed by atoms with Crippen LogP contribution in [0.3, 0.4) is 0 Å². The van der Waals surface area contributed by atoms with Crippen LogP contribution in [-0.2, 0) is 14.4 Å². The average Bonchev–Trinajstić information content (AvgIpc) is 2.57. The van der Waals surface area contributed by atoms with Crippen LogP contribution in [0.15, 0.2) is 18.2 Å². The number of halogens is 1. The SMILES string of the molecule is CC(=O)N(CCC(=O)N1CCN(C=O)CC1)c1cc(Cl)ccc1C. The van der Waals surface area contributed by atoms with E-state index in [0.717, 1.165) is 17.7 Å². The van der Waals surface area contributed by atoms with E-state index >= 15 is 0 Å². The van der Waals surface area contributed by atoms with Crippen LogP contribution >= 0.6 is 11.6 Å². The van der Waals surface area contributed by atoms with Gasteiger partial charge in [0.1, 0.15) is 0 Å². The van der Waals surface area contributed by atoms with Crippen LogP contribution in [0.2, 0.25) is 5.02 Å². The van der Waals surface area contributed by atoms with Gasteiger partial charge in [0, 0.05) is 56.8 Å². The third-order valence-corrected chi connectivity index (χ3v) is 4.44. The zero-order valence-corrected chi connectivity index (χ0v) is 14.8. The summed E-state index contributed by atoms with van der Waals surface area (Å²) in [4.78, 5) is 40.0. The van der Waals surface area contributed by atoms with Crippen LogP contribution in [0.25, 0.3) is 0 Å². The van der Waals surface area contributed by atoms with Crippen LogP contribution in [0.4, 0.5) is 5.69 Å². The van der Waals surface area contributed by atoms with Crippen molar-refractivity contribution in [3.05, 3.63) is 28.8 Å². The highest BCUT2D eigenvalue weighted by Gasteiger charge is 2.22. The molecule has 2 rings (SSSR count). The van der Waals surface area contributed by atoms with Gasteiger partial charge in [-0.1, -0.05) is 17.7 Å². The number of rotatable bonds is 5. The van der Waals surface area contributed by atoms with Crippen LogP contribution in [0, 0.1) is 6.92 Å². The Morgan fingerprint density at radius 2 is 1.92 bits per heavy atom. The van der Waals surface area contributed by atoms with E-state index in [9.17, 15) is 14.4 Å². The molecule has 130 valence electrons. The van der Waals surface area contributed by atoms with Gasteiger partial charge in [0.25, 0.3) is 0 Å². The molecule has 6 nitrogen and oxygen atoms in total. The van der Waals surface area contributed by atoms with Gasteiger partial charge in [-0.2, -0.15) is 0 Å². The fraction of sp³-hybridized carbons (Fsp3) is 0.471. The van der Waals surface area contributed by atoms with Gasteiger partial charge in [-0.25, -0.2) is 0 Å². The molecule has 3 amide bonds. The number of carbonyl (C=O) groups is 3. The van der Waals surface area contributed by atoms with Gasteiger partial charge < -0.3 is 14.7 Å². The molecular formula is C17H22ClN3O3. The monoisotopic (exact) mass is 351 g/mol. The van der Waals surface area contributed by atoms with Crippen molar-refractivity contribution in [1.82, 2.24) is 9.80 Å². The Kier molecular flexibility index (Phi) is 6.20. The van der Waals surface area contributed by atoms with Crippen LogP contribution in [0.1, 0.15) is 18.9 Å². The van der Waals surface area contributed by atoms with Gasteiger partial charge in [-0.15, -0.1) is 0 Å². The summed E-state index contributed by atoms with van der Waals surface area (Å²) in [5.41, 5.74) is 1.66. The molecule has 1 aromatic carbocycles. The van der Waals surface area contributed by atoms with Crippen molar-refractivity contribution in [1.29, 1.82) is 0 Å². The topological polar surface area (TPSA) is 60.9 Å². The lowest BCUT2D eigenvalue weighted by molar-refractivity contribution is -0.135. The summed E-state index contributed by atoms with van der Waals surface area (Å²) in [5.74, 6) is -0.134. The predicted molar refractivity (Wildman–Crippen MR) is 93.1 cm³/mol. The van der Waals surface area contributed by atoms with E-state index in [1.54, 1.807) is 26.8 Å². The molecule has 1 heterocycles. The number of anilines is 1. The smallest absolute Gasteiger partial charge is 0.224 e. The highest BCUT2D eigenvalue weighted by atomic mass is 35.5. The van der Waals surface area contributed by atoms with Gasteiger partial charge in [0.05, 0.1) is 0 Å². The van der Waals surface area contributed by atoms with Crippen LogP contribution in [0.5, 0.6) is 0 Å². The van der Waals surface area contributed by atoms with Gasteiger partial charge in [0.15, 0.2) is 0 Å². The average molecular weight is 352 g/mol. The lowest BCUT2D eigenvalue weighted by atomic mass is 10.1. The van der Waals surface area contributed by atoms with E-state index < -0.39 is 0 Å². The lowest BCUT2D eigenvalue weighted by Gasteiger charge is -2.33. The van der Waals surface area contributed by atoms with Crippen LogP contribution in [-0.4, -0.2) is 60.7 Å². The second kappa shape index (κ2) is 8.15. The Balaban J connectivity index is 1.99. The van der Waals surface area contributed by atoms with Crippen molar-refractivity contribution in [3.63, 3.8) is 0 Å². The van der Waals surface area contributed by atoms with Gasteiger partial charge >= 0.3 is 0 Å². The Bertz CT molecular complexity index is 628. The number of amides is 3. The number of benzene rings is 1. The summed E-state index contributed by atoms with van der Waals surface area (Å²) in [6, 6.07) is 5.37. The number of carbonyl (C=O) groups excluding carboxylic acids is 3. The highest BCUT2D eigenvalue weighted by molar-refractivity contribution is 6.31. The second-order valence-electron chi connectivity index (χ2n) is 5.87. The standard InChI is InChI=1S/C17H22ClN3O3/c1-13-3-4-15(18)11-16(13)21(14(2)23)6-5-17(24)20-9-7-19(12-22)8-10-20/h3-4,11-12H,5-10H2,1-2H3. The fourth-order valence-electron chi connectivity index (χ4n) is 2.76. The van der Waals surface area contributed by atoms with E-state index in [4.69, 9.17) is 11.6 Å². The summed E-state index contributed by atoms with van der Waals surface area (Å²) < 4.78 is 0. The third kappa shape index (κ3) is 4.47. The first kappa shape index (κ1) is 18.3. The minimum Gasteiger partial charge on any atom is -0.342 e. The van der Waals surface area contributed by atoms with E-state index in [2.05, 4.69) is 0 Å². The molecule has 1 fully saturated rings. The molecule has 0 aromatic heterocycles. The lowest BCUT2D eigenvalue weighted by Crippen LogP contribution is -2.48. The summed E-state index contributed by atoms with van der Waals surface area (Å²) in [7, 11) is 0. The van der Waals surface area contributed by atoms with Crippen molar-refractivity contribution >= 4 is 35.5 Å². The van der Waals surface area contributed by atoms with Crippen LogP contribution < -0.4 is 4.90 Å². The first-order valence-corrected chi connectivity index (χ1v) is 8.31. The minimum absolute atomic E-state index is 0.00789. The molecular weight excluding hydrogens is 330 g/mol. The van der Waals surface area contributed by atoms with Crippen molar-refractivity contribution in [2.45, 2.75) is 20.3 Å².